The molecular formula is C19H25BrO4S. The Morgan fingerprint density at radius 1 is 1.28 bits per heavy atom. The first-order chi connectivity index (χ1) is 11.7. The van der Waals surface area contributed by atoms with Gasteiger partial charge in [-0.2, -0.15) is 0 Å². The summed E-state index contributed by atoms with van der Waals surface area (Å²) in [5.41, 5.74) is -0.216. The first-order valence-corrected chi connectivity index (χ1v) is 10.9. The molecule has 2 aliphatic rings. The molecule has 1 saturated heterocycles. The molecule has 25 heavy (non-hydrogen) atoms. The zero-order valence-electron chi connectivity index (χ0n) is 15.0. The van der Waals surface area contributed by atoms with Crippen molar-refractivity contribution in [1.29, 1.82) is 0 Å². The third-order valence-corrected chi connectivity index (χ3v) is 7.63. The van der Waals surface area contributed by atoms with Gasteiger partial charge in [-0.3, -0.25) is 0 Å². The number of hydrogen-bond donors (Lipinski definition) is 0. The van der Waals surface area contributed by atoms with Gasteiger partial charge < -0.3 is 9.47 Å². The Kier molecular flexibility index (Phi) is 5.19. The van der Waals surface area contributed by atoms with E-state index in [4.69, 9.17) is 9.47 Å². The van der Waals surface area contributed by atoms with Crippen molar-refractivity contribution in [3.05, 3.63) is 40.4 Å². The van der Waals surface area contributed by atoms with Crippen molar-refractivity contribution in [2.75, 3.05) is 13.7 Å². The van der Waals surface area contributed by atoms with Gasteiger partial charge in [-0.1, -0.05) is 41.4 Å². The van der Waals surface area contributed by atoms with E-state index < -0.39 is 20.9 Å². The minimum Gasteiger partial charge on any atom is -0.382 e. The number of hydrogen-bond acceptors (Lipinski definition) is 4. The molecule has 1 fully saturated rings. The molecule has 0 saturated carbocycles. The van der Waals surface area contributed by atoms with E-state index in [1.807, 2.05) is 6.08 Å². The van der Waals surface area contributed by atoms with Crippen molar-refractivity contribution in [3.63, 3.8) is 0 Å². The fourth-order valence-corrected chi connectivity index (χ4v) is 6.41. The van der Waals surface area contributed by atoms with Gasteiger partial charge >= 0.3 is 0 Å². The molecule has 4 atom stereocenters. The lowest BCUT2D eigenvalue weighted by atomic mass is 9.66. The summed E-state index contributed by atoms with van der Waals surface area (Å²) in [7, 11) is -1.93. The third kappa shape index (κ3) is 3.22. The average molecular weight is 429 g/mol. The Labute approximate surface area is 158 Å². The molecule has 0 aromatic heterocycles. The molecule has 4 unspecified atom stereocenters. The van der Waals surface area contributed by atoms with Crippen LogP contribution in [0.1, 0.15) is 27.2 Å². The van der Waals surface area contributed by atoms with Crippen LogP contribution in [-0.4, -0.2) is 33.2 Å². The largest absolute Gasteiger partial charge is 0.382 e. The summed E-state index contributed by atoms with van der Waals surface area (Å²) >= 11 is 3.35. The summed E-state index contributed by atoms with van der Waals surface area (Å²) in [6.07, 6.45) is 2.82. The van der Waals surface area contributed by atoms with Gasteiger partial charge in [-0.25, -0.2) is 8.42 Å². The average Bonchev–Trinajstić information content (AvgIpc) is 2.75. The van der Waals surface area contributed by atoms with Crippen molar-refractivity contribution < 1.29 is 17.9 Å². The monoisotopic (exact) mass is 428 g/mol. The fraction of sp³-hybridized carbons (Fsp3) is 0.579. The van der Waals surface area contributed by atoms with Gasteiger partial charge in [0.25, 0.3) is 0 Å². The van der Waals surface area contributed by atoms with Crippen LogP contribution in [0, 0.1) is 17.8 Å². The van der Waals surface area contributed by atoms with E-state index in [2.05, 4.69) is 36.7 Å². The van der Waals surface area contributed by atoms with Crippen LogP contribution < -0.4 is 0 Å². The summed E-state index contributed by atoms with van der Waals surface area (Å²) in [5, 5.41) is 0. The molecular weight excluding hydrogens is 404 g/mol. The highest BCUT2D eigenvalue weighted by Gasteiger charge is 2.61. The topological polar surface area (TPSA) is 52.6 Å². The maximum Gasteiger partial charge on any atom is 0.205 e. The van der Waals surface area contributed by atoms with Gasteiger partial charge in [0.1, 0.15) is 5.60 Å². The number of benzene rings is 1. The zero-order chi connectivity index (χ0) is 18.4. The van der Waals surface area contributed by atoms with Crippen molar-refractivity contribution in [1.82, 2.24) is 0 Å². The second kappa shape index (κ2) is 6.80. The molecule has 1 heterocycles. The molecule has 1 aromatic rings. The van der Waals surface area contributed by atoms with Crippen LogP contribution in [-0.2, 0) is 19.3 Å². The molecule has 138 valence electrons. The van der Waals surface area contributed by atoms with Crippen LogP contribution in [0.5, 0.6) is 0 Å². The summed E-state index contributed by atoms with van der Waals surface area (Å²) in [6.45, 7) is 6.72. The highest BCUT2D eigenvalue weighted by Crippen LogP contribution is 2.56. The summed E-state index contributed by atoms with van der Waals surface area (Å²) < 4.78 is 39.1. The number of fused-ring (bicyclic) bond motifs is 1. The SMILES string of the molecule is COCC1(CC(C)C)OC(S(=O)(=O)c2ccc(Br)cc2)C2C=C(C)C21. The number of ether oxygens (including phenoxy) is 2. The Morgan fingerprint density at radius 3 is 2.44 bits per heavy atom. The molecule has 0 bridgehead atoms. The molecule has 0 N–H and O–H groups in total. The number of rotatable bonds is 6. The van der Waals surface area contributed by atoms with E-state index in [9.17, 15) is 8.42 Å². The maximum absolute atomic E-state index is 13.2. The van der Waals surface area contributed by atoms with Gasteiger partial charge in [-0.15, -0.1) is 0 Å². The Balaban J connectivity index is 1.99. The van der Waals surface area contributed by atoms with Crippen LogP contribution in [0.4, 0.5) is 0 Å². The lowest BCUT2D eigenvalue weighted by Gasteiger charge is -2.40. The van der Waals surface area contributed by atoms with Crippen molar-refractivity contribution >= 4 is 25.8 Å². The van der Waals surface area contributed by atoms with Gasteiger partial charge in [-0.05, 0) is 43.5 Å². The molecule has 0 spiro atoms. The van der Waals surface area contributed by atoms with E-state index >= 15 is 0 Å². The molecule has 1 aliphatic carbocycles. The minimum absolute atomic E-state index is 0.102. The fourth-order valence-electron chi connectivity index (χ4n) is 4.39. The van der Waals surface area contributed by atoms with Gasteiger partial charge in [0, 0.05) is 23.4 Å². The Morgan fingerprint density at radius 2 is 1.92 bits per heavy atom. The lowest BCUT2D eigenvalue weighted by Crippen LogP contribution is -2.45. The molecule has 4 nitrogen and oxygen atoms in total. The maximum atomic E-state index is 13.2. The third-order valence-electron chi connectivity index (χ3n) is 5.15. The van der Waals surface area contributed by atoms with Crippen LogP contribution in [0.25, 0.3) is 0 Å². The van der Waals surface area contributed by atoms with Crippen molar-refractivity contribution in [2.24, 2.45) is 17.8 Å². The van der Waals surface area contributed by atoms with Crippen molar-refractivity contribution in [2.45, 2.75) is 43.1 Å². The second-order valence-electron chi connectivity index (χ2n) is 7.55. The summed E-state index contributed by atoms with van der Waals surface area (Å²) in [5.74, 6) is 0.381. The molecule has 0 radical (unpaired) electrons. The Bertz CT molecular complexity index is 769. The molecule has 1 aliphatic heterocycles. The second-order valence-corrected chi connectivity index (χ2v) is 10.5. The smallest absolute Gasteiger partial charge is 0.205 e. The van der Waals surface area contributed by atoms with E-state index in [1.54, 1.807) is 31.4 Å². The predicted octanol–water partition coefficient (Wildman–Crippen LogP) is 4.20. The van der Waals surface area contributed by atoms with Crippen LogP contribution in [0.15, 0.2) is 45.3 Å². The molecule has 1 aromatic carbocycles. The molecule has 0 amide bonds. The van der Waals surface area contributed by atoms with Gasteiger partial charge in [0.15, 0.2) is 5.44 Å². The highest BCUT2D eigenvalue weighted by atomic mass is 79.9. The van der Waals surface area contributed by atoms with Crippen LogP contribution in [0.2, 0.25) is 0 Å². The van der Waals surface area contributed by atoms with E-state index in [-0.39, 0.29) is 11.8 Å². The number of sulfone groups is 1. The van der Waals surface area contributed by atoms with Crippen LogP contribution in [0.3, 0.4) is 0 Å². The number of methoxy groups -OCH3 is 1. The standard InChI is InChI=1S/C19H25BrO4S/c1-12(2)10-19(11-23-4)17-13(3)9-16(17)18(24-19)25(21,22)15-7-5-14(20)6-8-15/h5-9,12,16-18H,10-11H2,1-4H3. The lowest BCUT2D eigenvalue weighted by molar-refractivity contribution is -0.0880. The zero-order valence-corrected chi connectivity index (χ0v) is 17.4. The number of halogens is 1. The highest BCUT2D eigenvalue weighted by molar-refractivity contribution is 9.10. The predicted molar refractivity (Wildman–Crippen MR) is 101 cm³/mol. The van der Waals surface area contributed by atoms with E-state index in [0.717, 1.165) is 10.9 Å². The summed E-state index contributed by atoms with van der Waals surface area (Å²) in [6, 6.07) is 6.76. The van der Waals surface area contributed by atoms with Gasteiger partial charge in [0.2, 0.25) is 9.84 Å². The molecule has 3 rings (SSSR count). The van der Waals surface area contributed by atoms with Crippen molar-refractivity contribution in [3.8, 4) is 0 Å². The first-order valence-electron chi connectivity index (χ1n) is 8.56. The summed E-state index contributed by atoms with van der Waals surface area (Å²) in [4.78, 5) is 0.301. The van der Waals surface area contributed by atoms with E-state index in [0.29, 0.717) is 17.4 Å². The normalized spacial score (nSPS) is 31.6. The molecule has 6 heteroatoms. The minimum atomic E-state index is -3.58. The van der Waals surface area contributed by atoms with E-state index in [1.165, 1.54) is 5.57 Å². The van der Waals surface area contributed by atoms with Gasteiger partial charge in [0.05, 0.1) is 11.5 Å². The Hall–Kier alpha value is -0.690. The van der Waals surface area contributed by atoms with Crippen LogP contribution >= 0.6 is 15.9 Å². The quantitative estimate of drug-likeness (QED) is 0.636. The first kappa shape index (κ1) is 19.1.